The van der Waals surface area contributed by atoms with Crippen molar-refractivity contribution >= 4 is 0 Å². The van der Waals surface area contributed by atoms with Gasteiger partial charge in [0, 0.05) is 6.04 Å². The zero-order valence-corrected chi connectivity index (χ0v) is 11.1. The van der Waals surface area contributed by atoms with E-state index in [0.717, 1.165) is 12.2 Å². The predicted molar refractivity (Wildman–Crippen MR) is 71.1 cm³/mol. The molecule has 0 bridgehead atoms. The molecule has 2 nitrogen and oxygen atoms in total. The Morgan fingerprint density at radius 2 is 1.82 bits per heavy atom. The minimum absolute atomic E-state index is 0.116. The first-order valence-electron chi connectivity index (χ1n) is 6.46. The summed E-state index contributed by atoms with van der Waals surface area (Å²) in [6.07, 6.45) is 3.86. The van der Waals surface area contributed by atoms with Crippen LogP contribution in [0.2, 0.25) is 0 Å². The lowest BCUT2D eigenvalue weighted by atomic mass is 9.86. The quantitative estimate of drug-likeness (QED) is 0.861. The molecule has 1 aliphatic rings. The Balaban J connectivity index is 1.96. The van der Waals surface area contributed by atoms with E-state index in [4.69, 9.17) is 10.5 Å². The maximum atomic E-state index is 6.20. The van der Waals surface area contributed by atoms with Crippen LogP contribution in [0.25, 0.3) is 0 Å². The van der Waals surface area contributed by atoms with Crippen molar-refractivity contribution in [2.45, 2.75) is 52.2 Å². The van der Waals surface area contributed by atoms with Gasteiger partial charge in [0.25, 0.3) is 0 Å². The molecular weight excluding hydrogens is 210 g/mol. The Kier molecular flexibility index (Phi) is 3.43. The van der Waals surface area contributed by atoms with Gasteiger partial charge in [0.15, 0.2) is 0 Å². The van der Waals surface area contributed by atoms with Gasteiger partial charge in [-0.15, -0.1) is 0 Å². The van der Waals surface area contributed by atoms with Crippen molar-refractivity contribution in [3.63, 3.8) is 0 Å². The number of hydrogen-bond donors (Lipinski definition) is 1. The van der Waals surface area contributed by atoms with Gasteiger partial charge < -0.3 is 10.5 Å². The highest BCUT2D eigenvalue weighted by Gasteiger charge is 2.23. The summed E-state index contributed by atoms with van der Waals surface area (Å²) in [5.41, 5.74) is 7.67. The molecule has 1 saturated carbocycles. The first kappa shape index (κ1) is 12.4. The number of ether oxygens (including phenoxy) is 1. The Morgan fingerprint density at radius 3 is 2.29 bits per heavy atom. The highest BCUT2D eigenvalue weighted by molar-refractivity contribution is 5.29. The van der Waals surface area contributed by atoms with Crippen LogP contribution in [0.1, 0.15) is 51.6 Å². The molecule has 0 aromatic heterocycles. The minimum atomic E-state index is 0.116. The smallest absolute Gasteiger partial charge is 0.119 e. The Morgan fingerprint density at radius 1 is 1.24 bits per heavy atom. The number of nitrogens with two attached hydrogens (primary N) is 1. The molecule has 1 aromatic carbocycles. The Labute approximate surface area is 104 Å². The van der Waals surface area contributed by atoms with Crippen LogP contribution in [0.15, 0.2) is 24.3 Å². The molecule has 0 amide bonds. The van der Waals surface area contributed by atoms with Crippen molar-refractivity contribution < 1.29 is 4.74 Å². The van der Waals surface area contributed by atoms with Crippen molar-refractivity contribution in [2.24, 2.45) is 11.1 Å². The molecule has 0 aliphatic heterocycles. The fourth-order valence-electron chi connectivity index (χ4n) is 1.95. The molecule has 2 N–H and O–H groups in total. The average molecular weight is 233 g/mol. The second-order valence-corrected chi connectivity index (χ2v) is 6.26. The molecular formula is C15H23NO. The monoisotopic (exact) mass is 233 g/mol. The number of benzene rings is 1. The van der Waals surface area contributed by atoms with Gasteiger partial charge in [0.1, 0.15) is 5.75 Å². The van der Waals surface area contributed by atoms with Gasteiger partial charge in [-0.25, -0.2) is 0 Å². The van der Waals surface area contributed by atoms with Crippen LogP contribution < -0.4 is 10.5 Å². The molecule has 1 fully saturated rings. The molecule has 0 radical (unpaired) electrons. The summed E-state index contributed by atoms with van der Waals surface area (Å²) in [5, 5.41) is 0. The summed E-state index contributed by atoms with van der Waals surface area (Å²) in [6, 6.07) is 8.37. The maximum absolute atomic E-state index is 6.20. The van der Waals surface area contributed by atoms with E-state index in [9.17, 15) is 0 Å². The van der Waals surface area contributed by atoms with Gasteiger partial charge in [-0.05, 0) is 42.4 Å². The Bertz CT molecular complexity index is 360. The summed E-state index contributed by atoms with van der Waals surface area (Å²) in [5.74, 6) is 0.971. The van der Waals surface area contributed by atoms with Crippen molar-refractivity contribution in [1.29, 1.82) is 0 Å². The van der Waals surface area contributed by atoms with E-state index >= 15 is 0 Å². The third-order valence-corrected chi connectivity index (χ3v) is 2.97. The second-order valence-electron chi connectivity index (χ2n) is 6.26. The molecule has 1 aliphatic carbocycles. The first-order valence-corrected chi connectivity index (χ1v) is 6.46. The van der Waals surface area contributed by atoms with Crippen molar-refractivity contribution in [1.82, 2.24) is 0 Å². The van der Waals surface area contributed by atoms with Crippen LogP contribution in [0.3, 0.4) is 0 Å². The molecule has 1 aromatic rings. The van der Waals surface area contributed by atoms with Crippen LogP contribution in [0.5, 0.6) is 5.75 Å². The predicted octanol–water partition coefficient (Wildman–Crippen LogP) is 3.66. The summed E-state index contributed by atoms with van der Waals surface area (Å²) in [4.78, 5) is 0. The van der Waals surface area contributed by atoms with Crippen molar-refractivity contribution in [3.8, 4) is 5.75 Å². The zero-order valence-electron chi connectivity index (χ0n) is 11.1. The van der Waals surface area contributed by atoms with Crippen LogP contribution in [0.4, 0.5) is 0 Å². The molecule has 2 rings (SSSR count). The van der Waals surface area contributed by atoms with Crippen molar-refractivity contribution in [2.75, 3.05) is 0 Å². The van der Waals surface area contributed by atoms with Gasteiger partial charge in [0.2, 0.25) is 0 Å². The topological polar surface area (TPSA) is 35.2 Å². The third-order valence-electron chi connectivity index (χ3n) is 2.97. The molecule has 1 atom stereocenters. The molecule has 0 saturated heterocycles. The summed E-state index contributed by atoms with van der Waals surface area (Å²) in [7, 11) is 0. The number of hydrogen-bond acceptors (Lipinski definition) is 2. The maximum Gasteiger partial charge on any atom is 0.119 e. The highest BCUT2D eigenvalue weighted by Crippen LogP contribution is 2.30. The van der Waals surface area contributed by atoms with E-state index in [1.165, 1.54) is 18.4 Å². The van der Waals surface area contributed by atoms with E-state index < -0.39 is 0 Å². The van der Waals surface area contributed by atoms with Gasteiger partial charge in [-0.1, -0.05) is 32.9 Å². The molecule has 0 spiro atoms. The lowest BCUT2D eigenvalue weighted by Gasteiger charge is -2.23. The van der Waals surface area contributed by atoms with E-state index in [0.29, 0.717) is 6.10 Å². The van der Waals surface area contributed by atoms with Crippen LogP contribution >= 0.6 is 0 Å². The second kappa shape index (κ2) is 4.69. The van der Waals surface area contributed by atoms with E-state index in [1.807, 2.05) is 12.1 Å². The lowest BCUT2D eigenvalue weighted by Crippen LogP contribution is -2.18. The SMILES string of the molecule is CC(C)(C)CC(N)c1ccc(OC2CC2)cc1. The summed E-state index contributed by atoms with van der Waals surface area (Å²) < 4.78 is 5.72. The van der Waals surface area contributed by atoms with Gasteiger partial charge in [-0.2, -0.15) is 0 Å². The third kappa shape index (κ3) is 4.04. The van der Waals surface area contributed by atoms with Crippen molar-refractivity contribution in [3.05, 3.63) is 29.8 Å². The first-order chi connectivity index (χ1) is 7.94. The standard InChI is InChI=1S/C15H23NO/c1-15(2,3)10-14(16)11-4-6-12(7-5-11)17-13-8-9-13/h4-7,13-14H,8-10,16H2,1-3H3. The normalized spacial score (nSPS) is 17.9. The van der Waals surface area contributed by atoms with E-state index in [-0.39, 0.29) is 11.5 Å². The van der Waals surface area contributed by atoms with Gasteiger partial charge in [0.05, 0.1) is 6.10 Å². The van der Waals surface area contributed by atoms with Gasteiger partial charge >= 0.3 is 0 Å². The lowest BCUT2D eigenvalue weighted by molar-refractivity contribution is 0.303. The molecule has 0 heterocycles. The fraction of sp³-hybridized carbons (Fsp3) is 0.600. The molecule has 2 heteroatoms. The largest absolute Gasteiger partial charge is 0.490 e. The van der Waals surface area contributed by atoms with E-state index in [2.05, 4.69) is 32.9 Å². The summed E-state index contributed by atoms with van der Waals surface area (Å²) >= 11 is 0. The molecule has 17 heavy (non-hydrogen) atoms. The highest BCUT2D eigenvalue weighted by atomic mass is 16.5. The Hall–Kier alpha value is -1.02. The number of rotatable bonds is 4. The van der Waals surface area contributed by atoms with E-state index in [1.54, 1.807) is 0 Å². The molecule has 94 valence electrons. The minimum Gasteiger partial charge on any atom is -0.490 e. The zero-order chi connectivity index (χ0) is 12.5. The van der Waals surface area contributed by atoms with Crippen LogP contribution in [-0.4, -0.2) is 6.10 Å². The summed E-state index contributed by atoms with van der Waals surface area (Å²) in [6.45, 7) is 6.66. The molecule has 1 unspecified atom stereocenters. The fourth-order valence-corrected chi connectivity index (χ4v) is 1.95. The van der Waals surface area contributed by atoms with Gasteiger partial charge in [-0.3, -0.25) is 0 Å². The van der Waals surface area contributed by atoms with Crippen LogP contribution in [0, 0.1) is 5.41 Å². The van der Waals surface area contributed by atoms with Crippen LogP contribution in [-0.2, 0) is 0 Å². The average Bonchev–Trinajstić information content (AvgIpc) is 3.00.